The predicted molar refractivity (Wildman–Crippen MR) is 113 cm³/mol. The minimum Gasteiger partial charge on any atom is -0.484 e. The molecule has 0 N–H and O–H groups in total. The van der Waals surface area contributed by atoms with Gasteiger partial charge in [0, 0.05) is 24.8 Å². The Labute approximate surface area is 182 Å². The third-order valence-corrected chi connectivity index (χ3v) is 4.61. The summed E-state index contributed by atoms with van der Waals surface area (Å²) in [6.45, 7) is 6.16. The molecule has 8 heteroatoms. The Hall–Kier alpha value is -2.80. The molecule has 0 aromatic heterocycles. The highest BCUT2D eigenvalue weighted by Crippen LogP contribution is 2.41. The van der Waals surface area contributed by atoms with Crippen LogP contribution in [-0.4, -0.2) is 24.7 Å². The first-order chi connectivity index (χ1) is 14.6. The molecule has 166 valence electrons. The molecule has 1 heterocycles. The number of allylic oxidation sites excluding steroid dienone is 3. The summed E-state index contributed by atoms with van der Waals surface area (Å²) < 4.78 is 71.2. The first-order valence-corrected chi connectivity index (χ1v) is 9.75. The SMILES string of the molecule is C=C1C(Cl)=CC(c2ccccc2)=C(c2c(F)cc(OCC(F)(F)F)cc2F)N1C.CC. The quantitative estimate of drug-likeness (QED) is 0.444. The van der Waals surface area contributed by atoms with Crippen LogP contribution in [0.1, 0.15) is 25.0 Å². The number of halogens is 6. The molecule has 0 fully saturated rings. The van der Waals surface area contributed by atoms with Gasteiger partial charge in [0.2, 0.25) is 0 Å². The molecular formula is C23H21ClF5NO. The number of rotatable bonds is 4. The van der Waals surface area contributed by atoms with Crippen LogP contribution in [0.4, 0.5) is 22.0 Å². The highest BCUT2D eigenvalue weighted by Gasteiger charge is 2.30. The summed E-state index contributed by atoms with van der Waals surface area (Å²) >= 11 is 6.22. The summed E-state index contributed by atoms with van der Waals surface area (Å²) in [6.07, 6.45) is -3.08. The van der Waals surface area contributed by atoms with Crippen molar-refractivity contribution in [3.63, 3.8) is 0 Å². The van der Waals surface area contributed by atoms with Gasteiger partial charge in [-0.25, -0.2) is 8.78 Å². The maximum Gasteiger partial charge on any atom is 0.422 e. The van der Waals surface area contributed by atoms with Gasteiger partial charge < -0.3 is 9.64 Å². The number of alkyl halides is 3. The van der Waals surface area contributed by atoms with E-state index in [1.54, 1.807) is 43.5 Å². The van der Waals surface area contributed by atoms with E-state index in [0.29, 0.717) is 21.9 Å². The first kappa shape index (κ1) is 24.5. The fourth-order valence-corrected chi connectivity index (χ4v) is 3.15. The Morgan fingerprint density at radius 2 is 1.58 bits per heavy atom. The highest BCUT2D eigenvalue weighted by atomic mass is 35.5. The average Bonchev–Trinajstić information content (AvgIpc) is 2.73. The van der Waals surface area contributed by atoms with Gasteiger partial charge in [-0.05, 0) is 11.6 Å². The van der Waals surface area contributed by atoms with Gasteiger partial charge in [-0.1, -0.05) is 62.4 Å². The van der Waals surface area contributed by atoms with Crippen molar-refractivity contribution in [2.24, 2.45) is 0 Å². The Balaban J connectivity index is 0.00000166. The van der Waals surface area contributed by atoms with Gasteiger partial charge in [-0.3, -0.25) is 0 Å². The van der Waals surface area contributed by atoms with E-state index in [4.69, 9.17) is 11.6 Å². The van der Waals surface area contributed by atoms with E-state index in [0.717, 1.165) is 12.1 Å². The third kappa shape index (κ3) is 5.67. The van der Waals surface area contributed by atoms with Crippen LogP contribution in [0.5, 0.6) is 5.75 Å². The third-order valence-electron chi connectivity index (χ3n) is 4.28. The van der Waals surface area contributed by atoms with Crippen molar-refractivity contribution in [2.75, 3.05) is 13.7 Å². The van der Waals surface area contributed by atoms with Crippen LogP contribution in [0.25, 0.3) is 11.3 Å². The largest absolute Gasteiger partial charge is 0.484 e. The van der Waals surface area contributed by atoms with E-state index in [9.17, 15) is 22.0 Å². The summed E-state index contributed by atoms with van der Waals surface area (Å²) in [4.78, 5) is 1.43. The number of ether oxygens (including phenoxy) is 1. The Bertz CT molecular complexity index is 989. The zero-order valence-corrected chi connectivity index (χ0v) is 17.9. The molecule has 0 saturated carbocycles. The molecule has 3 rings (SSSR count). The van der Waals surface area contributed by atoms with Crippen molar-refractivity contribution in [1.29, 1.82) is 0 Å². The lowest BCUT2D eigenvalue weighted by molar-refractivity contribution is -0.153. The molecule has 0 amide bonds. The van der Waals surface area contributed by atoms with Crippen LogP contribution in [-0.2, 0) is 0 Å². The second-order valence-corrected chi connectivity index (χ2v) is 6.70. The number of hydrogen-bond donors (Lipinski definition) is 0. The molecule has 2 nitrogen and oxygen atoms in total. The standard InChI is InChI=1S/C21H15ClF5NO.C2H6/c1-12-16(22)10-15(13-6-4-3-5-7-13)20(28(12)2)19-17(23)8-14(9-18(19)24)29-11-21(25,26)27;1-2/h3-10H,1,11H2,2H3;1-2H3. The molecule has 0 atom stereocenters. The Kier molecular flexibility index (Phi) is 7.90. The summed E-state index contributed by atoms with van der Waals surface area (Å²) in [5.41, 5.74) is 1.12. The van der Waals surface area contributed by atoms with Gasteiger partial charge in [-0.2, -0.15) is 13.2 Å². The molecular weight excluding hydrogens is 437 g/mol. The van der Waals surface area contributed by atoms with Crippen LogP contribution in [0, 0.1) is 11.6 Å². The zero-order chi connectivity index (χ0) is 23.3. The van der Waals surface area contributed by atoms with Gasteiger partial charge >= 0.3 is 6.18 Å². The number of nitrogens with zero attached hydrogens (tertiary/aromatic N) is 1. The van der Waals surface area contributed by atoms with Crippen LogP contribution < -0.4 is 4.74 Å². The van der Waals surface area contributed by atoms with Gasteiger partial charge in [0.15, 0.2) is 6.61 Å². The van der Waals surface area contributed by atoms with Crippen molar-refractivity contribution in [3.05, 3.63) is 88.6 Å². The first-order valence-electron chi connectivity index (χ1n) is 9.37. The maximum atomic E-state index is 14.9. The lowest BCUT2D eigenvalue weighted by Crippen LogP contribution is -2.22. The monoisotopic (exact) mass is 457 g/mol. The minimum atomic E-state index is -4.63. The number of likely N-dealkylation sites (N-methyl/N-ethyl adjacent to an activating group) is 1. The summed E-state index contributed by atoms with van der Waals surface area (Å²) in [5, 5.41) is 0.293. The Morgan fingerprint density at radius 3 is 2.10 bits per heavy atom. The summed E-state index contributed by atoms with van der Waals surface area (Å²) in [6, 6.07) is 10.2. The van der Waals surface area contributed by atoms with E-state index >= 15 is 0 Å². The van der Waals surface area contributed by atoms with E-state index < -0.39 is 35.7 Å². The van der Waals surface area contributed by atoms with Gasteiger partial charge in [-0.15, -0.1) is 0 Å². The van der Waals surface area contributed by atoms with E-state index in [2.05, 4.69) is 11.3 Å². The second kappa shape index (κ2) is 10.0. The predicted octanol–water partition coefficient (Wildman–Crippen LogP) is 7.38. The fraction of sp³-hybridized carbons (Fsp3) is 0.217. The summed E-state index contributed by atoms with van der Waals surface area (Å²) in [7, 11) is 1.54. The minimum absolute atomic E-state index is 0.142. The lowest BCUT2D eigenvalue weighted by Gasteiger charge is -2.31. The number of hydrogen-bond acceptors (Lipinski definition) is 2. The molecule has 0 radical (unpaired) electrons. The van der Waals surface area contributed by atoms with Crippen LogP contribution in [0.2, 0.25) is 0 Å². The molecule has 1 aliphatic rings. The normalized spacial score (nSPS) is 14.2. The van der Waals surface area contributed by atoms with E-state index in [-0.39, 0.29) is 5.70 Å². The van der Waals surface area contributed by atoms with Gasteiger partial charge in [0.1, 0.15) is 17.4 Å². The highest BCUT2D eigenvalue weighted by molar-refractivity contribution is 6.33. The zero-order valence-electron chi connectivity index (χ0n) is 17.2. The van der Waals surface area contributed by atoms with Crippen molar-refractivity contribution in [1.82, 2.24) is 4.90 Å². The topological polar surface area (TPSA) is 12.5 Å². The maximum absolute atomic E-state index is 14.9. The van der Waals surface area contributed by atoms with Gasteiger partial charge in [0.05, 0.1) is 22.0 Å². The fourth-order valence-electron chi connectivity index (χ4n) is 2.92. The molecule has 2 aromatic rings. The van der Waals surface area contributed by atoms with E-state index in [1.807, 2.05) is 13.8 Å². The smallest absolute Gasteiger partial charge is 0.422 e. The molecule has 2 aromatic carbocycles. The van der Waals surface area contributed by atoms with Crippen molar-refractivity contribution in [2.45, 2.75) is 20.0 Å². The molecule has 0 saturated heterocycles. The Morgan fingerprint density at radius 1 is 1.03 bits per heavy atom. The van der Waals surface area contributed by atoms with Crippen molar-refractivity contribution >= 4 is 22.9 Å². The summed E-state index contributed by atoms with van der Waals surface area (Å²) in [5.74, 6) is -2.71. The van der Waals surface area contributed by atoms with Gasteiger partial charge in [0.25, 0.3) is 0 Å². The molecule has 1 aliphatic heterocycles. The molecule has 0 spiro atoms. The van der Waals surface area contributed by atoms with E-state index in [1.165, 1.54) is 4.90 Å². The van der Waals surface area contributed by atoms with Crippen LogP contribution in [0.15, 0.2) is 65.8 Å². The molecule has 0 bridgehead atoms. The molecule has 0 aliphatic carbocycles. The average molecular weight is 458 g/mol. The second-order valence-electron chi connectivity index (χ2n) is 6.29. The number of benzene rings is 2. The van der Waals surface area contributed by atoms with Crippen molar-refractivity contribution < 1.29 is 26.7 Å². The van der Waals surface area contributed by atoms with Crippen molar-refractivity contribution in [3.8, 4) is 5.75 Å². The molecule has 31 heavy (non-hydrogen) atoms. The lowest BCUT2D eigenvalue weighted by atomic mass is 9.94. The van der Waals surface area contributed by atoms with Crippen LogP contribution >= 0.6 is 11.6 Å². The van der Waals surface area contributed by atoms with Crippen LogP contribution in [0.3, 0.4) is 0 Å². The molecule has 0 unspecified atom stereocenters.